The predicted molar refractivity (Wildman–Crippen MR) is 143 cm³/mol. The van der Waals surface area contributed by atoms with Crippen LogP contribution in [0.4, 0.5) is 0 Å². The summed E-state index contributed by atoms with van der Waals surface area (Å²) in [7, 11) is 3.50. The average molecular weight is 516 g/mol. The third kappa shape index (κ3) is 8.82. The van der Waals surface area contributed by atoms with E-state index in [2.05, 4.69) is 22.5 Å². The lowest BCUT2D eigenvalue weighted by Gasteiger charge is -2.26. The number of ether oxygens (including phenoxy) is 3. The van der Waals surface area contributed by atoms with Gasteiger partial charge in [-0.05, 0) is 74.2 Å². The molecule has 0 aromatic heterocycles. The first-order valence-corrected chi connectivity index (χ1v) is 12.8. The van der Waals surface area contributed by atoms with Crippen molar-refractivity contribution in [2.24, 2.45) is 5.92 Å². The molecule has 8 heteroatoms. The van der Waals surface area contributed by atoms with Crippen LogP contribution in [0.5, 0.6) is 0 Å². The summed E-state index contributed by atoms with van der Waals surface area (Å²) in [6, 6.07) is 15.3. The highest BCUT2D eigenvalue weighted by Crippen LogP contribution is 2.28. The second-order valence-electron chi connectivity index (χ2n) is 9.00. The van der Waals surface area contributed by atoms with Crippen LogP contribution < -0.4 is 16.0 Å². The maximum absolute atomic E-state index is 13.0. The van der Waals surface area contributed by atoms with E-state index in [0.29, 0.717) is 42.1 Å². The Morgan fingerprint density at radius 1 is 1.19 bits per heavy atom. The number of carbonyl (C=O) groups excluding carboxylic acids is 1. The van der Waals surface area contributed by atoms with Crippen LogP contribution in [-0.4, -0.2) is 59.0 Å². The third-order valence-corrected chi connectivity index (χ3v) is 6.58. The summed E-state index contributed by atoms with van der Waals surface area (Å²) in [6.45, 7) is 6.90. The number of hydrogen-bond donors (Lipinski definition) is 3. The molecule has 1 aliphatic rings. The minimum Gasteiger partial charge on any atom is -0.483 e. The molecule has 3 N–H and O–H groups in total. The summed E-state index contributed by atoms with van der Waals surface area (Å²) >= 11 is 6.26. The van der Waals surface area contributed by atoms with E-state index in [1.165, 1.54) is 6.42 Å². The van der Waals surface area contributed by atoms with Gasteiger partial charge < -0.3 is 30.2 Å². The summed E-state index contributed by atoms with van der Waals surface area (Å²) in [5, 5.41) is 10.1. The van der Waals surface area contributed by atoms with E-state index < -0.39 is 0 Å². The monoisotopic (exact) mass is 515 g/mol. The van der Waals surface area contributed by atoms with E-state index in [0.717, 1.165) is 37.2 Å². The number of nitrogens with one attached hydrogen (secondary N) is 3. The normalized spacial score (nSPS) is 17.1. The van der Waals surface area contributed by atoms with E-state index in [4.69, 9.17) is 25.8 Å². The average Bonchev–Trinajstić information content (AvgIpc) is 2.91. The van der Waals surface area contributed by atoms with Crippen molar-refractivity contribution in [3.05, 3.63) is 82.7 Å². The number of halogens is 1. The highest BCUT2D eigenvalue weighted by atomic mass is 35.5. The Kier molecular flexibility index (Phi) is 11.6. The van der Waals surface area contributed by atoms with Gasteiger partial charge in [0, 0.05) is 42.9 Å². The zero-order valence-electron chi connectivity index (χ0n) is 21.2. The van der Waals surface area contributed by atoms with Crippen molar-refractivity contribution in [2.45, 2.75) is 31.4 Å². The van der Waals surface area contributed by atoms with Gasteiger partial charge in [0.05, 0.1) is 13.7 Å². The van der Waals surface area contributed by atoms with Crippen LogP contribution in [-0.2, 0) is 14.2 Å². The van der Waals surface area contributed by atoms with E-state index in [9.17, 15) is 4.79 Å². The van der Waals surface area contributed by atoms with Gasteiger partial charge >= 0.3 is 0 Å². The Hall–Kier alpha value is -2.58. The van der Waals surface area contributed by atoms with Crippen molar-refractivity contribution in [1.82, 2.24) is 16.0 Å². The van der Waals surface area contributed by atoms with Gasteiger partial charge in [-0.15, -0.1) is 0 Å². The van der Waals surface area contributed by atoms with E-state index >= 15 is 0 Å². The van der Waals surface area contributed by atoms with E-state index in [-0.39, 0.29) is 18.1 Å². The first-order valence-electron chi connectivity index (χ1n) is 12.5. The smallest absolute Gasteiger partial charge is 0.251 e. The molecule has 1 amide bonds. The Balaban J connectivity index is 1.66. The lowest BCUT2D eigenvalue weighted by atomic mass is 9.94. The SMILES string of the molecule is C=C(NCCOC(c1cccc(Cl)c1)c1cccc(C(=O)NCC(C[C@H]2CCCOC2)NC)c1)OC. The van der Waals surface area contributed by atoms with Gasteiger partial charge in [-0.3, -0.25) is 4.79 Å². The minimum atomic E-state index is -0.384. The predicted octanol–water partition coefficient (Wildman–Crippen LogP) is 4.29. The fraction of sp³-hybridized carbons (Fsp3) is 0.464. The van der Waals surface area contributed by atoms with Crippen molar-refractivity contribution in [2.75, 3.05) is 47.1 Å². The number of amides is 1. The Morgan fingerprint density at radius 2 is 1.97 bits per heavy atom. The molecule has 0 spiro atoms. The van der Waals surface area contributed by atoms with E-state index in [1.54, 1.807) is 7.11 Å². The molecule has 1 heterocycles. The van der Waals surface area contributed by atoms with Crippen molar-refractivity contribution < 1.29 is 19.0 Å². The molecule has 1 aliphatic heterocycles. The maximum atomic E-state index is 13.0. The summed E-state index contributed by atoms with van der Waals surface area (Å²) in [5.41, 5.74) is 2.38. The summed E-state index contributed by atoms with van der Waals surface area (Å²) in [4.78, 5) is 13.0. The van der Waals surface area contributed by atoms with Crippen LogP contribution in [0.3, 0.4) is 0 Å². The fourth-order valence-corrected chi connectivity index (χ4v) is 4.55. The second-order valence-corrected chi connectivity index (χ2v) is 9.44. The molecule has 2 aromatic carbocycles. The molecule has 1 fully saturated rings. The molecule has 3 atom stereocenters. The third-order valence-electron chi connectivity index (χ3n) is 6.35. The Labute approximate surface area is 219 Å². The first-order chi connectivity index (χ1) is 17.5. The number of carbonyl (C=O) groups is 1. The number of hydrogen-bond acceptors (Lipinski definition) is 6. The summed E-state index contributed by atoms with van der Waals surface area (Å²) < 4.78 is 16.9. The zero-order valence-corrected chi connectivity index (χ0v) is 22.0. The van der Waals surface area contributed by atoms with Crippen LogP contribution in [0.1, 0.15) is 46.9 Å². The molecule has 0 bridgehead atoms. The number of benzene rings is 2. The van der Waals surface area contributed by atoms with Gasteiger partial charge in [-0.1, -0.05) is 35.9 Å². The summed E-state index contributed by atoms with van der Waals surface area (Å²) in [5.74, 6) is 0.898. The largest absolute Gasteiger partial charge is 0.483 e. The molecular weight excluding hydrogens is 478 g/mol. The van der Waals surface area contributed by atoms with Gasteiger partial charge in [0.25, 0.3) is 5.91 Å². The molecule has 36 heavy (non-hydrogen) atoms. The molecule has 2 unspecified atom stereocenters. The minimum absolute atomic E-state index is 0.111. The van der Waals surface area contributed by atoms with Gasteiger partial charge in [-0.25, -0.2) is 0 Å². The van der Waals surface area contributed by atoms with E-state index in [1.807, 2.05) is 55.6 Å². The number of rotatable bonds is 14. The zero-order chi connectivity index (χ0) is 25.8. The molecule has 0 aliphatic carbocycles. The molecule has 3 rings (SSSR count). The molecule has 0 radical (unpaired) electrons. The van der Waals surface area contributed by atoms with Gasteiger partial charge in [0.15, 0.2) is 5.88 Å². The number of methoxy groups -OCH3 is 1. The first kappa shape index (κ1) is 28.0. The van der Waals surface area contributed by atoms with Crippen LogP contribution in [0, 0.1) is 5.92 Å². The molecule has 1 saturated heterocycles. The molecule has 0 saturated carbocycles. The quantitative estimate of drug-likeness (QED) is 0.257. The molecule has 7 nitrogen and oxygen atoms in total. The van der Waals surface area contributed by atoms with Crippen molar-refractivity contribution in [3.8, 4) is 0 Å². The fourth-order valence-electron chi connectivity index (χ4n) is 4.35. The topological polar surface area (TPSA) is 80.9 Å². The van der Waals surface area contributed by atoms with Crippen molar-refractivity contribution >= 4 is 17.5 Å². The molecule has 2 aromatic rings. The lowest BCUT2D eigenvalue weighted by Crippen LogP contribution is -2.41. The number of likely N-dealkylation sites (N-methyl/N-ethyl adjacent to an activating group) is 1. The molecular formula is C28H38ClN3O4. The Morgan fingerprint density at radius 3 is 2.67 bits per heavy atom. The van der Waals surface area contributed by atoms with Crippen molar-refractivity contribution in [1.29, 1.82) is 0 Å². The van der Waals surface area contributed by atoms with Gasteiger partial charge in [0.1, 0.15) is 6.10 Å². The van der Waals surface area contributed by atoms with Gasteiger partial charge in [-0.2, -0.15) is 0 Å². The highest BCUT2D eigenvalue weighted by Gasteiger charge is 2.20. The van der Waals surface area contributed by atoms with Crippen LogP contribution >= 0.6 is 11.6 Å². The molecule has 196 valence electrons. The maximum Gasteiger partial charge on any atom is 0.251 e. The Bertz CT molecular complexity index is 981. The van der Waals surface area contributed by atoms with Crippen LogP contribution in [0.15, 0.2) is 61.0 Å². The lowest BCUT2D eigenvalue weighted by molar-refractivity contribution is 0.0478. The van der Waals surface area contributed by atoms with Crippen LogP contribution in [0.25, 0.3) is 0 Å². The highest BCUT2D eigenvalue weighted by molar-refractivity contribution is 6.30. The van der Waals surface area contributed by atoms with Gasteiger partial charge in [0.2, 0.25) is 0 Å². The van der Waals surface area contributed by atoms with Crippen LogP contribution in [0.2, 0.25) is 5.02 Å². The van der Waals surface area contributed by atoms with Crippen molar-refractivity contribution in [3.63, 3.8) is 0 Å². The summed E-state index contributed by atoms with van der Waals surface area (Å²) in [6.07, 6.45) is 2.87. The second kappa shape index (κ2) is 14.9. The standard InChI is InChI=1S/C28H38ClN3O4/c1-20(34-3)31-12-14-36-27(23-9-5-11-25(29)17-23)22-8-4-10-24(16-22)28(33)32-18-26(30-2)15-21-7-6-13-35-19-21/h4-5,8-11,16-17,21,26-27,30-31H,1,6-7,12-15,18-19H2,2-3H3,(H,32,33)/t21-,26?,27?/m1/s1.